The largest absolute Gasteiger partial charge is 0.495 e. The highest BCUT2D eigenvalue weighted by Gasteiger charge is 2.20. The molecule has 2 aromatic rings. The van der Waals surface area contributed by atoms with Gasteiger partial charge in [-0.15, -0.1) is 0 Å². The van der Waals surface area contributed by atoms with Crippen LogP contribution in [0.3, 0.4) is 0 Å². The van der Waals surface area contributed by atoms with Crippen LogP contribution in [0.5, 0.6) is 11.5 Å². The Balaban J connectivity index is 1.95. The van der Waals surface area contributed by atoms with Gasteiger partial charge in [0.1, 0.15) is 11.5 Å². The molecule has 0 unspecified atom stereocenters. The maximum absolute atomic E-state index is 12.4. The van der Waals surface area contributed by atoms with Crippen molar-refractivity contribution in [2.75, 3.05) is 19.0 Å². The number of esters is 1. The SMILES string of the molecule is COc1cc(Cl)c(C)cc1NC(=O)[C@H](C)OC(=O)COc1c(C)cccc1C. The summed E-state index contributed by atoms with van der Waals surface area (Å²) in [5.74, 6) is -0.0660. The Morgan fingerprint density at radius 3 is 2.36 bits per heavy atom. The van der Waals surface area contributed by atoms with Crippen molar-refractivity contribution in [1.82, 2.24) is 0 Å². The minimum absolute atomic E-state index is 0.285. The van der Waals surface area contributed by atoms with Crippen LogP contribution in [-0.2, 0) is 14.3 Å². The Hall–Kier alpha value is -2.73. The number of aryl methyl sites for hydroxylation is 3. The highest BCUT2D eigenvalue weighted by atomic mass is 35.5. The number of carbonyl (C=O) groups excluding carboxylic acids is 2. The van der Waals surface area contributed by atoms with Gasteiger partial charge in [-0.05, 0) is 50.5 Å². The Morgan fingerprint density at radius 1 is 1.11 bits per heavy atom. The van der Waals surface area contributed by atoms with Crippen molar-refractivity contribution in [3.8, 4) is 11.5 Å². The van der Waals surface area contributed by atoms with Gasteiger partial charge >= 0.3 is 5.97 Å². The molecule has 0 aliphatic rings. The van der Waals surface area contributed by atoms with Gasteiger partial charge in [-0.1, -0.05) is 29.8 Å². The Morgan fingerprint density at radius 2 is 1.75 bits per heavy atom. The lowest BCUT2D eigenvalue weighted by molar-refractivity contribution is -0.155. The molecule has 2 aromatic carbocycles. The van der Waals surface area contributed by atoms with Gasteiger partial charge in [-0.2, -0.15) is 0 Å². The fourth-order valence-corrected chi connectivity index (χ4v) is 2.76. The number of ether oxygens (including phenoxy) is 3. The number of halogens is 1. The van der Waals surface area contributed by atoms with E-state index in [4.69, 9.17) is 25.8 Å². The predicted molar refractivity (Wildman–Crippen MR) is 108 cm³/mol. The van der Waals surface area contributed by atoms with E-state index >= 15 is 0 Å². The number of hydrogen-bond acceptors (Lipinski definition) is 5. The van der Waals surface area contributed by atoms with E-state index in [0.717, 1.165) is 16.7 Å². The van der Waals surface area contributed by atoms with E-state index in [2.05, 4.69) is 5.32 Å². The molecule has 1 atom stereocenters. The first-order valence-corrected chi connectivity index (χ1v) is 9.14. The van der Waals surface area contributed by atoms with Crippen molar-refractivity contribution in [1.29, 1.82) is 0 Å². The summed E-state index contributed by atoms with van der Waals surface area (Å²) in [6.45, 7) is 6.80. The summed E-state index contributed by atoms with van der Waals surface area (Å²) in [4.78, 5) is 24.4. The van der Waals surface area contributed by atoms with Crippen molar-refractivity contribution in [2.45, 2.75) is 33.8 Å². The molecule has 0 bridgehead atoms. The summed E-state index contributed by atoms with van der Waals surface area (Å²) in [5.41, 5.74) is 3.07. The molecule has 2 rings (SSSR count). The molecule has 150 valence electrons. The number of anilines is 1. The molecule has 1 N–H and O–H groups in total. The highest BCUT2D eigenvalue weighted by molar-refractivity contribution is 6.31. The lowest BCUT2D eigenvalue weighted by atomic mass is 10.1. The van der Waals surface area contributed by atoms with Gasteiger partial charge in [0.05, 0.1) is 12.8 Å². The van der Waals surface area contributed by atoms with E-state index in [9.17, 15) is 9.59 Å². The number of rotatable bonds is 7. The van der Waals surface area contributed by atoms with Crippen LogP contribution in [-0.4, -0.2) is 31.7 Å². The van der Waals surface area contributed by atoms with Crippen molar-refractivity contribution < 1.29 is 23.8 Å². The summed E-state index contributed by atoms with van der Waals surface area (Å²) < 4.78 is 15.9. The van der Waals surface area contributed by atoms with Crippen LogP contribution in [0, 0.1) is 20.8 Å². The van der Waals surface area contributed by atoms with Crippen LogP contribution in [0.1, 0.15) is 23.6 Å². The van der Waals surface area contributed by atoms with Crippen LogP contribution in [0.2, 0.25) is 5.02 Å². The third-order valence-corrected chi connectivity index (χ3v) is 4.57. The quantitative estimate of drug-likeness (QED) is 0.698. The van der Waals surface area contributed by atoms with Crippen LogP contribution in [0.25, 0.3) is 0 Å². The van der Waals surface area contributed by atoms with Crippen LogP contribution in [0.4, 0.5) is 5.69 Å². The lowest BCUT2D eigenvalue weighted by Gasteiger charge is -2.17. The average molecular weight is 406 g/mol. The standard InChI is InChI=1S/C21H24ClNO5/c1-12-7-6-8-13(2)20(12)27-11-19(24)28-15(4)21(25)23-17-9-14(3)16(22)10-18(17)26-5/h6-10,15H,11H2,1-5H3,(H,23,25)/t15-/m0/s1. The number of para-hydroxylation sites is 1. The molecule has 7 heteroatoms. The fourth-order valence-electron chi connectivity index (χ4n) is 2.61. The van der Waals surface area contributed by atoms with Crippen molar-refractivity contribution in [3.63, 3.8) is 0 Å². The molecule has 6 nitrogen and oxygen atoms in total. The number of hydrogen-bond donors (Lipinski definition) is 1. The molecule has 0 saturated carbocycles. The number of nitrogens with one attached hydrogen (secondary N) is 1. The Labute approximate surface area is 169 Å². The van der Waals surface area contributed by atoms with E-state index in [1.807, 2.05) is 39.0 Å². The van der Waals surface area contributed by atoms with Gasteiger partial charge in [-0.3, -0.25) is 4.79 Å². The number of benzene rings is 2. The molecule has 0 fully saturated rings. The topological polar surface area (TPSA) is 73.9 Å². The molecule has 28 heavy (non-hydrogen) atoms. The maximum atomic E-state index is 12.4. The predicted octanol–water partition coefficient (Wildman–Crippen LogP) is 4.22. The number of methoxy groups -OCH3 is 1. The molecule has 0 saturated heterocycles. The maximum Gasteiger partial charge on any atom is 0.344 e. The second kappa shape index (κ2) is 9.46. The van der Waals surface area contributed by atoms with Crippen molar-refractivity contribution in [2.24, 2.45) is 0 Å². The van der Waals surface area contributed by atoms with Gasteiger partial charge in [-0.25, -0.2) is 4.79 Å². The number of carbonyl (C=O) groups is 2. The summed E-state index contributed by atoms with van der Waals surface area (Å²) in [6, 6.07) is 9.00. The fraction of sp³-hybridized carbons (Fsp3) is 0.333. The number of amides is 1. The monoisotopic (exact) mass is 405 g/mol. The van der Waals surface area contributed by atoms with E-state index in [-0.39, 0.29) is 6.61 Å². The molecule has 0 aromatic heterocycles. The minimum atomic E-state index is -1.00. The van der Waals surface area contributed by atoms with E-state index < -0.39 is 18.0 Å². The molecule has 0 aliphatic carbocycles. The first kappa shape index (κ1) is 21.6. The average Bonchev–Trinajstić information content (AvgIpc) is 2.63. The Kier molecular flexibility index (Phi) is 7.29. The second-order valence-corrected chi connectivity index (χ2v) is 6.84. The smallest absolute Gasteiger partial charge is 0.344 e. The summed E-state index contributed by atoms with van der Waals surface area (Å²) >= 11 is 6.06. The van der Waals surface area contributed by atoms with E-state index in [0.29, 0.717) is 22.2 Å². The lowest BCUT2D eigenvalue weighted by Crippen LogP contribution is -2.31. The highest BCUT2D eigenvalue weighted by Crippen LogP contribution is 2.31. The van der Waals surface area contributed by atoms with Crippen molar-refractivity contribution in [3.05, 3.63) is 52.0 Å². The zero-order valence-electron chi connectivity index (χ0n) is 16.6. The molecule has 0 radical (unpaired) electrons. The first-order valence-electron chi connectivity index (χ1n) is 8.76. The van der Waals surface area contributed by atoms with E-state index in [1.165, 1.54) is 14.0 Å². The second-order valence-electron chi connectivity index (χ2n) is 6.43. The van der Waals surface area contributed by atoms with Crippen LogP contribution < -0.4 is 14.8 Å². The van der Waals surface area contributed by atoms with Gasteiger partial charge in [0, 0.05) is 11.1 Å². The molecule has 0 spiro atoms. The van der Waals surface area contributed by atoms with Crippen molar-refractivity contribution >= 4 is 29.2 Å². The van der Waals surface area contributed by atoms with Crippen LogP contribution in [0.15, 0.2) is 30.3 Å². The minimum Gasteiger partial charge on any atom is -0.495 e. The molecule has 0 heterocycles. The molecule has 1 amide bonds. The Bertz CT molecular complexity index is 861. The van der Waals surface area contributed by atoms with Gasteiger partial charge < -0.3 is 19.5 Å². The van der Waals surface area contributed by atoms with Gasteiger partial charge in [0.2, 0.25) is 0 Å². The third-order valence-electron chi connectivity index (χ3n) is 4.16. The zero-order valence-corrected chi connectivity index (χ0v) is 17.3. The molecular formula is C21H24ClNO5. The molecular weight excluding hydrogens is 382 g/mol. The third kappa shape index (κ3) is 5.39. The van der Waals surface area contributed by atoms with Gasteiger partial charge in [0.25, 0.3) is 5.91 Å². The summed E-state index contributed by atoms with van der Waals surface area (Å²) in [5, 5.41) is 3.21. The first-order chi connectivity index (χ1) is 13.2. The van der Waals surface area contributed by atoms with Gasteiger partial charge in [0.15, 0.2) is 12.7 Å². The van der Waals surface area contributed by atoms with Crippen LogP contribution >= 0.6 is 11.6 Å². The normalized spacial score (nSPS) is 11.5. The molecule has 0 aliphatic heterocycles. The summed E-state index contributed by atoms with van der Waals surface area (Å²) in [7, 11) is 1.48. The zero-order chi connectivity index (χ0) is 20.8. The van der Waals surface area contributed by atoms with E-state index in [1.54, 1.807) is 12.1 Å². The summed E-state index contributed by atoms with van der Waals surface area (Å²) in [6.07, 6.45) is -1.00.